The summed E-state index contributed by atoms with van der Waals surface area (Å²) in [5.41, 5.74) is 4.26. The number of hydrogen-bond donors (Lipinski definition) is 2. The standard InChI is InChI=1S/C34H43N5.ClH/c1-33(2,3)23-34(4,5)37-32-31(36-29-18-17-26(22-39(29)32)35-19-12-20-38(6)7)30-27-15-10-8-13-24(27)21-25-14-9-11-16-28(25)30;/h8-11,13-18,21-22,35,37H,12,19-20,23H2,1-7H3;1H. The highest BCUT2D eigenvalue weighted by Gasteiger charge is 2.29. The second-order valence-electron chi connectivity index (χ2n) is 13.0. The van der Waals surface area contributed by atoms with Crippen molar-refractivity contribution in [3.8, 4) is 11.3 Å². The maximum atomic E-state index is 5.29. The molecule has 0 aliphatic carbocycles. The topological polar surface area (TPSA) is 44.6 Å². The van der Waals surface area contributed by atoms with Crippen molar-refractivity contribution in [2.45, 2.75) is 53.0 Å². The Labute approximate surface area is 245 Å². The molecule has 5 rings (SSSR count). The number of nitrogens with zero attached hydrogens (tertiary/aromatic N) is 3. The molecule has 0 atom stereocenters. The van der Waals surface area contributed by atoms with Crippen molar-refractivity contribution >= 4 is 51.1 Å². The Morgan fingerprint density at radius 3 is 2.08 bits per heavy atom. The molecule has 0 unspecified atom stereocenters. The van der Waals surface area contributed by atoms with Crippen molar-refractivity contribution < 1.29 is 0 Å². The van der Waals surface area contributed by atoms with E-state index in [-0.39, 0.29) is 23.4 Å². The Kier molecular flexibility index (Phi) is 8.67. The number of nitrogens with one attached hydrogen (secondary N) is 2. The molecule has 0 amide bonds. The van der Waals surface area contributed by atoms with Gasteiger partial charge in [-0.2, -0.15) is 0 Å². The number of benzene rings is 3. The highest BCUT2D eigenvalue weighted by Crippen LogP contribution is 2.41. The van der Waals surface area contributed by atoms with E-state index in [0.29, 0.717) is 0 Å². The van der Waals surface area contributed by atoms with E-state index in [9.17, 15) is 0 Å². The fraction of sp³-hybridized carbons (Fsp3) is 0.382. The van der Waals surface area contributed by atoms with Crippen molar-refractivity contribution in [3.63, 3.8) is 0 Å². The minimum atomic E-state index is -0.140. The van der Waals surface area contributed by atoms with Gasteiger partial charge in [-0.3, -0.25) is 4.40 Å². The lowest BCUT2D eigenvalue weighted by atomic mass is 9.81. The van der Waals surface area contributed by atoms with E-state index >= 15 is 0 Å². The van der Waals surface area contributed by atoms with Gasteiger partial charge in [-0.1, -0.05) is 69.3 Å². The summed E-state index contributed by atoms with van der Waals surface area (Å²) in [5.74, 6) is 1.04. The summed E-state index contributed by atoms with van der Waals surface area (Å²) in [6, 6.07) is 23.9. The molecule has 0 spiro atoms. The van der Waals surface area contributed by atoms with E-state index < -0.39 is 0 Å². The zero-order chi connectivity index (χ0) is 27.8. The molecule has 2 N–H and O–H groups in total. The Hall–Kier alpha value is -3.28. The number of halogens is 1. The molecule has 0 aliphatic rings. The first kappa shape index (κ1) is 29.7. The normalized spacial score (nSPS) is 12.3. The molecule has 3 aromatic carbocycles. The smallest absolute Gasteiger partial charge is 0.139 e. The fourth-order valence-corrected chi connectivity index (χ4v) is 6.03. The van der Waals surface area contributed by atoms with Crippen LogP contribution in [-0.4, -0.2) is 47.0 Å². The van der Waals surface area contributed by atoms with Crippen LogP contribution >= 0.6 is 12.4 Å². The summed E-state index contributed by atoms with van der Waals surface area (Å²) in [7, 11) is 4.24. The van der Waals surface area contributed by atoms with Gasteiger partial charge in [0.1, 0.15) is 17.2 Å². The Morgan fingerprint density at radius 2 is 1.48 bits per heavy atom. The van der Waals surface area contributed by atoms with E-state index in [1.165, 1.54) is 27.1 Å². The SMILES string of the molecule is CN(C)CCCNc1ccc2nc(-c3c4ccccc4cc4ccccc34)c(NC(C)(C)CC(C)(C)C)n2c1.Cl. The van der Waals surface area contributed by atoms with Gasteiger partial charge >= 0.3 is 0 Å². The van der Waals surface area contributed by atoms with Crippen LogP contribution in [0.4, 0.5) is 11.5 Å². The zero-order valence-electron chi connectivity index (χ0n) is 25.0. The van der Waals surface area contributed by atoms with Crippen LogP contribution in [0.5, 0.6) is 0 Å². The van der Waals surface area contributed by atoms with Gasteiger partial charge in [-0.25, -0.2) is 4.98 Å². The molecule has 0 bridgehead atoms. The molecule has 5 nitrogen and oxygen atoms in total. The van der Waals surface area contributed by atoms with E-state index in [1.54, 1.807) is 0 Å². The number of aromatic nitrogens is 2. The van der Waals surface area contributed by atoms with E-state index in [0.717, 1.165) is 48.8 Å². The van der Waals surface area contributed by atoms with Crippen molar-refractivity contribution in [3.05, 3.63) is 72.9 Å². The van der Waals surface area contributed by atoms with Crippen LogP contribution < -0.4 is 10.6 Å². The summed E-state index contributed by atoms with van der Waals surface area (Å²) < 4.78 is 2.24. The van der Waals surface area contributed by atoms with Gasteiger partial charge in [0.2, 0.25) is 0 Å². The van der Waals surface area contributed by atoms with Crippen LogP contribution in [0.25, 0.3) is 38.4 Å². The predicted octanol–water partition coefficient (Wildman–Crippen LogP) is 8.72. The molecule has 40 heavy (non-hydrogen) atoms. The van der Waals surface area contributed by atoms with Crippen molar-refractivity contribution in [1.82, 2.24) is 14.3 Å². The van der Waals surface area contributed by atoms with Crippen LogP contribution in [0.3, 0.4) is 0 Å². The van der Waals surface area contributed by atoms with E-state index in [1.807, 2.05) is 0 Å². The summed E-state index contributed by atoms with van der Waals surface area (Å²) in [6.07, 6.45) is 4.31. The zero-order valence-corrected chi connectivity index (χ0v) is 25.8. The van der Waals surface area contributed by atoms with Crippen molar-refractivity contribution in [2.75, 3.05) is 37.8 Å². The number of anilines is 2. The number of hydrogen-bond acceptors (Lipinski definition) is 4. The van der Waals surface area contributed by atoms with Gasteiger partial charge in [-0.15, -0.1) is 12.4 Å². The molecule has 0 saturated carbocycles. The second-order valence-corrected chi connectivity index (χ2v) is 13.0. The molecule has 6 heteroatoms. The number of pyridine rings is 1. The summed E-state index contributed by atoms with van der Waals surface area (Å²) in [6.45, 7) is 13.5. The first-order valence-corrected chi connectivity index (χ1v) is 14.1. The molecule has 5 aromatic rings. The van der Waals surface area contributed by atoms with Crippen LogP contribution in [-0.2, 0) is 0 Å². The third-order valence-electron chi connectivity index (χ3n) is 7.17. The minimum Gasteiger partial charge on any atom is -0.384 e. The fourth-order valence-electron chi connectivity index (χ4n) is 6.03. The minimum absolute atomic E-state index is 0. The molecule has 0 saturated heterocycles. The average Bonchev–Trinajstić information content (AvgIpc) is 3.20. The Bertz CT molecular complexity index is 1560. The highest BCUT2D eigenvalue weighted by molar-refractivity contribution is 6.13. The number of rotatable bonds is 9. The van der Waals surface area contributed by atoms with Gasteiger partial charge in [0.05, 0.1) is 5.69 Å². The summed E-state index contributed by atoms with van der Waals surface area (Å²) in [4.78, 5) is 7.51. The average molecular weight is 558 g/mol. The third-order valence-corrected chi connectivity index (χ3v) is 7.17. The molecular formula is C34H44ClN5. The Morgan fingerprint density at radius 1 is 0.850 bits per heavy atom. The van der Waals surface area contributed by atoms with Crippen LogP contribution in [0.15, 0.2) is 72.9 Å². The summed E-state index contributed by atoms with van der Waals surface area (Å²) in [5, 5.41) is 12.5. The molecule has 0 aliphatic heterocycles. The quantitative estimate of drug-likeness (QED) is 0.140. The predicted molar refractivity (Wildman–Crippen MR) is 176 cm³/mol. The van der Waals surface area contributed by atoms with Gasteiger partial charge in [0, 0.05) is 23.8 Å². The van der Waals surface area contributed by atoms with Crippen molar-refractivity contribution in [2.24, 2.45) is 5.41 Å². The van der Waals surface area contributed by atoms with Crippen LogP contribution in [0.1, 0.15) is 47.5 Å². The maximum absolute atomic E-state index is 5.29. The van der Waals surface area contributed by atoms with Crippen LogP contribution in [0, 0.1) is 5.41 Å². The monoisotopic (exact) mass is 557 g/mol. The molecule has 0 radical (unpaired) electrons. The summed E-state index contributed by atoms with van der Waals surface area (Å²) >= 11 is 0. The maximum Gasteiger partial charge on any atom is 0.139 e. The van der Waals surface area contributed by atoms with Gasteiger partial charge in [-0.05, 0) is 92.5 Å². The van der Waals surface area contributed by atoms with Gasteiger partial charge in [0.15, 0.2) is 0 Å². The van der Waals surface area contributed by atoms with Crippen LogP contribution in [0.2, 0.25) is 0 Å². The van der Waals surface area contributed by atoms with Gasteiger partial charge in [0.25, 0.3) is 0 Å². The molecule has 212 valence electrons. The number of fused-ring (bicyclic) bond motifs is 3. The largest absolute Gasteiger partial charge is 0.384 e. The molecule has 0 fully saturated rings. The lowest BCUT2D eigenvalue weighted by molar-refractivity contribution is 0.302. The first-order chi connectivity index (χ1) is 18.5. The number of imidazole rings is 1. The van der Waals surface area contributed by atoms with E-state index in [4.69, 9.17) is 4.98 Å². The molecule has 2 heterocycles. The lowest BCUT2D eigenvalue weighted by Gasteiger charge is -2.34. The van der Waals surface area contributed by atoms with Gasteiger partial charge < -0.3 is 15.5 Å². The first-order valence-electron chi connectivity index (χ1n) is 14.1. The Balaban J connectivity index is 0.00000370. The highest BCUT2D eigenvalue weighted by atomic mass is 35.5. The lowest BCUT2D eigenvalue weighted by Crippen LogP contribution is -2.36. The third kappa shape index (κ3) is 6.54. The molecular weight excluding hydrogens is 514 g/mol. The molecule has 2 aromatic heterocycles. The van der Waals surface area contributed by atoms with E-state index in [2.05, 4.69) is 142 Å². The second kappa shape index (κ2) is 11.7. The van der Waals surface area contributed by atoms with Crippen molar-refractivity contribution in [1.29, 1.82) is 0 Å².